The third-order valence-corrected chi connectivity index (χ3v) is 11.1. The highest BCUT2D eigenvalue weighted by Crippen LogP contribution is 2.48. The zero-order valence-corrected chi connectivity index (χ0v) is 31.1. The third-order valence-electron chi connectivity index (χ3n) is 11.1. The van der Waals surface area contributed by atoms with Gasteiger partial charge in [-0.2, -0.15) is 57.9 Å². The zero-order chi connectivity index (χ0) is 45.7. The first kappa shape index (κ1) is 40.1. The van der Waals surface area contributed by atoms with E-state index in [1.165, 1.54) is 48.5 Å². The first-order valence-electron chi connectivity index (χ1n) is 18.2. The van der Waals surface area contributed by atoms with Crippen molar-refractivity contribution in [2.24, 2.45) is 0 Å². The Balaban J connectivity index is 1.54. The largest absolute Gasteiger partial charge is 0.418 e. The second kappa shape index (κ2) is 12.8. The highest BCUT2D eigenvalue weighted by atomic mass is 19.4. The van der Waals surface area contributed by atoms with Crippen LogP contribution in [0.25, 0.3) is 92.8 Å². The molecule has 4 aromatic heterocycles. The quantitative estimate of drug-likeness (QED) is 0.0978. The maximum absolute atomic E-state index is 14.9. The molecule has 0 saturated carbocycles. The van der Waals surface area contributed by atoms with Gasteiger partial charge >= 0.3 is 24.7 Å². The lowest BCUT2D eigenvalue weighted by Crippen LogP contribution is -2.18. The number of imidazole rings is 2. The normalized spacial score (nSPS) is 13.1. The van der Waals surface area contributed by atoms with E-state index in [2.05, 4.69) is 14.8 Å². The molecule has 0 atom stereocenters. The molecule has 10 rings (SSSR count). The third kappa shape index (κ3) is 5.64. The van der Waals surface area contributed by atoms with Crippen molar-refractivity contribution in [3.63, 3.8) is 0 Å². The monoisotopic (exact) mass is 886 g/mol. The minimum absolute atomic E-state index is 0.0815. The van der Waals surface area contributed by atoms with Gasteiger partial charge in [-0.05, 0) is 70.8 Å². The summed E-state index contributed by atoms with van der Waals surface area (Å²) >= 11 is 0. The Morgan fingerprint density at radius 2 is 0.922 bits per heavy atom. The summed E-state index contributed by atoms with van der Waals surface area (Å²) in [4.78, 5) is 41.5. The number of nitriles is 1. The van der Waals surface area contributed by atoms with Crippen LogP contribution < -0.4 is 11.1 Å². The average molecular weight is 887 g/mol. The Morgan fingerprint density at radius 3 is 1.27 bits per heavy atom. The predicted molar refractivity (Wildman–Crippen MR) is 208 cm³/mol. The van der Waals surface area contributed by atoms with Gasteiger partial charge < -0.3 is 0 Å². The van der Waals surface area contributed by atoms with E-state index in [4.69, 9.17) is 6.57 Å². The van der Waals surface area contributed by atoms with Crippen molar-refractivity contribution in [3.05, 3.63) is 145 Å². The Kier molecular flexibility index (Phi) is 8.01. The van der Waals surface area contributed by atoms with Crippen molar-refractivity contribution in [1.29, 1.82) is 5.26 Å². The minimum Gasteiger partial charge on any atom is -0.268 e. The molecule has 20 heteroatoms. The molecule has 0 fully saturated rings. The molecule has 0 spiro atoms. The molecular formula is C44H14F12N6O2. The lowest BCUT2D eigenvalue weighted by Gasteiger charge is -2.19. The number of benzene rings is 6. The molecule has 8 nitrogen and oxygen atoms in total. The molecule has 0 aliphatic heterocycles. The van der Waals surface area contributed by atoms with Gasteiger partial charge in [-0.1, -0.05) is 36.4 Å². The maximum atomic E-state index is 14.9. The van der Waals surface area contributed by atoms with Gasteiger partial charge in [0, 0.05) is 32.3 Å². The van der Waals surface area contributed by atoms with E-state index in [0.717, 1.165) is 12.1 Å². The van der Waals surface area contributed by atoms with E-state index in [9.17, 15) is 67.5 Å². The molecule has 0 aliphatic rings. The van der Waals surface area contributed by atoms with Crippen LogP contribution in [0.5, 0.6) is 0 Å². The number of alkyl halides is 12. The van der Waals surface area contributed by atoms with Crippen LogP contribution in [0.15, 0.2) is 94.5 Å². The van der Waals surface area contributed by atoms with Crippen LogP contribution in [0.3, 0.4) is 0 Å². The standard InChI is InChI=1S/C44H14F12N6O2/c1-58-22-8-6-19(7-9-22)24-15-26-31-32-25(39(63)62-30-13-21(42(48,49)50)11-28(44(54,55)56)36(30)60-38(62)34(24)32)14-23(18-4-2-17(16-57)3-5-18)33(31)37-59-35-27(43(51,52)53)10-20(41(45,46)47)12-29(35)61(37)40(26)64/h2-15H. The number of pyridine rings is 2. The number of hydrogen-bond donors (Lipinski definition) is 0. The zero-order valence-electron chi connectivity index (χ0n) is 31.1. The number of nitrogens with zero attached hydrogens (tertiary/aromatic N) is 6. The van der Waals surface area contributed by atoms with Gasteiger partial charge in [0.05, 0.1) is 51.5 Å². The van der Waals surface area contributed by atoms with Crippen molar-refractivity contribution in [2.45, 2.75) is 24.7 Å². The molecule has 0 unspecified atom stereocenters. The van der Waals surface area contributed by atoms with Crippen LogP contribution in [0.4, 0.5) is 58.4 Å². The fourth-order valence-corrected chi connectivity index (χ4v) is 8.43. The molecule has 0 radical (unpaired) electrons. The van der Waals surface area contributed by atoms with Crippen molar-refractivity contribution in [2.75, 3.05) is 0 Å². The first-order chi connectivity index (χ1) is 30.0. The Labute approximate surface area is 345 Å². The highest BCUT2D eigenvalue weighted by molar-refractivity contribution is 6.33. The number of hydrogen-bond acceptors (Lipinski definition) is 5. The van der Waals surface area contributed by atoms with Crippen molar-refractivity contribution in [3.8, 4) is 28.3 Å². The average Bonchev–Trinajstić information content (AvgIpc) is 3.82. The molecule has 0 amide bonds. The highest BCUT2D eigenvalue weighted by Gasteiger charge is 2.42. The summed E-state index contributed by atoms with van der Waals surface area (Å²) in [5, 5.41) is 7.64. The predicted octanol–water partition coefficient (Wildman–Crippen LogP) is 12.2. The van der Waals surface area contributed by atoms with E-state index in [1.807, 2.05) is 6.07 Å². The van der Waals surface area contributed by atoms with Crippen molar-refractivity contribution < 1.29 is 52.7 Å². The van der Waals surface area contributed by atoms with Crippen molar-refractivity contribution in [1.82, 2.24) is 18.8 Å². The van der Waals surface area contributed by atoms with Crippen LogP contribution in [-0.2, 0) is 24.7 Å². The van der Waals surface area contributed by atoms with E-state index in [0.29, 0.717) is 20.9 Å². The fourth-order valence-electron chi connectivity index (χ4n) is 8.43. The molecule has 0 N–H and O–H groups in total. The van der Waals surface area contributed by atoms with Crippen LogP contribution >= 0.6 is 0 Å². The lowest BCUT2D eigenvalue weighted by atomic mass is 9.87. The smallest absolute Gasteiger partial charge is 0.268 e. The Hall–Kier alpha value is -8.00. The molecule has 6 aromatic carbocycles. The van der Waals surface area contributed by atoms with Gasteiger partial charge in [0.25, 0.3) is 11.1 Å². The fraction of sp³-hybridized carbons (Fsp3) is 0.0909. The summed E-state index contributed by atoms with van der Waals surface area (Å²) in [7, 11) is 0. The summed E-state index contributed by atoms with van der Waals surface area (Å²) in [6.45, 7) is 7.41. The molecule has 4 heterocycles. The second-order valence-corrected chi connectivity index (χ2v) is 14.7. The minimum atomic E-state index is -5.46. The number of fused-ring (bicyclic) bond motifs is 8. The van der Waals surface area contributed by atoms with Crippen molar-refractivity contribution >= 4 is 71.4 Å². The molecule has 316 valence electrons. The molecule has 0 saturated heterocycles. The lowest BCUT2D eigenvalue weighted by molar-refractivity contribution is -0.143. The van der Waals surface area contributed by atoms with Crippen LogP contribution in [0.2, 0.25) is 0 Å². The number of halogens is 12. The van der Waals surface area contributed by atoms with Gasteiger partial charge in [0.15, 0.2) is 5.69 Å². The van der Waals surface area contributed by atoms with Gasteiger partial charge in [-0.3, -0.25) is 18.4 Å². The molecule has 64 heavy (non-hydrogen) atoms. The van der Waals surface area contributed by atoms with E-state index in [1.54, 1.807) is 0 Å². The van der Waals surface area contributed by atoms with E-state index < -0.39 is 102 Å². The SMILES string of the molecule is [C-]#[N+]c1ccc(-c2cc3c(=O)n4c5cc(C(F)(F)F)cc(C(F)(F)F)c5nc4c4c(-c5ccc(C#N)cc5)cc5c(=O)n6c7cc(C(F)(F)F)cc(C(F)(F)F)c7nc6c2c5c34)cc1. The number of rotatable bonds is 2. The van der Waals surface area contributed by atoms with Gasteiger partial charge in [0.1, 0.15) is 22.3 Å². The van der Waals surface area contributed by atoms with Crippen LogP contribution in [-0.4, -0.2) is 18.8 Å². The summed E-state index contributed by atoms with van der Waals surface area (Å²) in [6, 6.07) is 15.0. The molecule has 0 bridgehead atoms. The van der Waals surface area contributed by atoms with Crippen LogP contribution in [0.1, 0.15) is 27.8 Å². The van der Waals surface area contributed by atoms with Gasteiger partial charge in [0.2, 0.25) is 0 Å². The summed E-state index contributed by atoms with van der Waals surface area (Å²) < 4.78 is 174. The first-order valence-corrected chi connectivity index (χ1v) is 18.2. The molecule has 10 aromatic rings. The van der Waals surface area contributed by atoms with Gasteiger partial charge in [-0.25, -0.2) is 14.8 Å². The van der Waals surface area contributed by atoms with E-state index in [-0.39, 0.29) is 67.2 Å². The van der Waals surface area contributed by atoms with Crippen LogP contribution in [0, 0.1) is 17.9 Å². The molecular weight excluding hydrogens is 872 g/mol. The summed E-state index contributed by atoms with van der Waals surface area (Å²) in [5.41, 5.74) is -14.9. The topological polar surface area (TPSA) is 96.9 Å². The molecule has 0 aliphatic carbocycles. The summed E-state index contributed by atoms with van der Waals surface area (Å²) in [5.74, 6) is 0. The van der Waals surface area contributed by atoms with E-state index >= 15 is 0 Å². The number of aromatic nitrogens is 4. The Morgan fingerprint density at radius 1 is 0.531 bits per heavy atom. The van der Waals surface area contributed by atoms with Gasteiger partial charge in [-0.15, -0.1) is 0 Å². The maximum Gasteiger partial charge on any atom is 0.418 e. The second-order valence-electron chi connectivity index (χ2n) is 14.7. The Bertz CT molecular complexity index is 3640. The summed E-state index contributed by atoms with van der Waals surface area (Å²) in [6.07, 6.45) is -21.6.